The van der Waals surface area contributed by atoms with Gasteiger partial charge >= 0.3 is 0 Å². The highest BCUT2D eigenvalue weighted by Crippen LogP contribution is 2.71. The van der Waals surface area contributed by atoms with Gasteiger partial charge in [0.1, 0.15) is 11.2 Å². The van der Waals surface area contributed by atoms with Crippen molar-refractivity contribution in [3.05, 3.63) is 11.6 Å². The molecular formula is C27H42O5. The van der Waals surface area contributed by atoms with Crippen LogP contribution in [0, 0.1) is 34.5 Å². The third-order valence-corrected chi connectivity index (χ3v) is 11.5. The fraction of sp³-hybridized carbons (Fsp3) is 0.926. The first-order valence-electron chi connectivity index (χ1n) is 13.0. The minimum absolute atomic E-state index is 0.0115. The monoisotopic (exact) mass is 446 g/mol. The molecule has 0 radical (unpaired) electrons. The zero-order valence-corrected chi connectivity index (χ0v) is 20.4. The van der Waals surface area contributed by atoms with Gasteiger partial charge in [-0.15, -0.1) is 0 Å². The van der Waals surface area contributed by atoms with Gasteiger partial charge in [-0.05, 0) is 94.3 Å². The summed E-state index contributed by atoms with van der Waals surface area (Å²) < 4.78 is 13.3. The molecule has 6 aliphatic rings. The summed E-state index contributed by atoms with van der Waals surface area (Å²) >= 11 is 0. The van der Waals surface area contributed by atoms with E-state index in [0.29, 0.717) is 24.2 Å². The summed E-state index contributed by atoms with van der Waals surface area (Å²) in [5.74, 6) is 0.817. The van der Waals surface area contributed by atoms with Crippen LogP contribution in [0.1, 0.15) is 86.0 Å². The predicted molar refractivity (Wildman–Crippen MR) is 121 cm³/mol. The van der Waals surface area contributed by atoms with Gasteiger partial charge in [-0.25, -0.2) is 0 Å². The topological polar surface area (TPSA) is 79.2 Å². The van der Waals surface area contributed by atoms with Crippen molar-refractivity contribution in [1.29, 1.82) is 0 Å². The van der Waals surface area contributed by atoms with E-state index < -0.39 is 23.1 Å². The Bertz CT molecular complexity index is 847. The standard InChI is InChI=1S/C27H42O5/c1-23(2,30)27-14-21(29)26(5,32-27)22-20(31-27)13-19-17-7-6-15-12-16(28)8-10-24(15,3)18(17)9-11-25(19,22)4/h6,16-22,28-30H,7-14H2,1-5H3/t16-,17+,18?,19-,20+,21+,22-,24-,25-,26-,27-/m0/s1. The molecule has 32 heavy (non-hydrogen) atoms. The third kappa shape index (κ3) is 2.53. The largest absolute Gasteiger partial charge is 0.393 e. The second-order valence-corrected chi connectivity index (χ2v) is 13.4. The van der Waals surface area contributed by atoms with E-state index in [0.717, 1.165) is 38.5 Å². The van der Waals surface area contributed by atoms with Gasteiger partial charge in [0.15, 0.2) is 5.79 Å². The Morgan fingerprint density at radius 2 is 1.81 bits per heavy atom. The molecule has 6 rings (SSSR count). The second kappa shape index (κ2) is 6.40. The lowest BCUT2D eigenvalue weighted by Crippen LogP contribution is -2.63. The van der Waals surface area contributed by atoms with E-state index in [1.165, 1.54) is 12.0 Å². The summed E-state index contributed by atoms with van der Waals surface area (Å²) in [7, 11) is 0. The number of allylic oxidation sites excluding steroid dienone is 1. The fourth-order valence-electron chi connectivity index (χ4n) is 9.80. The van der Waals surface area contributed by atoms with Gasteiger partial charge in [0.25, 0.3) is 0 Å². The molecule has 0 aromatic heterocycles. The van der Waals surface area contributed by atoms with Crippen LogP contribution >= 0.6 is 0 Å². The maximum atomic E-state index is 11.2. The molecule has 4 aliphatic carbocycles. The van der Waals surface area contributed by atoms with Gasteiger partial charge in [-0.3, -0.25) is 0 Å². The van der Waals surface area contributed by atoms with Crippen molar-refractivity contribution in [2.24, 2.45) is 34.5 Å². The molecule has 0 spiro atoms. The summed E-state index contributed by atoms with van der Waals surface area (Å²) in [5.41, 5.74) is -0.0853. The number of hydrogen-bond acceptors (Lipinski definition) is 5. The Morgan fingerprint density at radius 1 is 1.06 bits per heavy atom. The molecule has 2 aliphatic heterocycles. The van der Waals surface area contributed by atoms with Gasteiger partial charge in [-0.1, -0.05) is 25.5 Å². The van der Waals surface area contributed by atoms with Crippen molar-refractivity contribution in [3.8, 4) is 0 Å². The Hall–Kier alpha value is -0.460. The summed E-state index contributed by atoms with van der Waals surface area (Å²) in [5, 5.41) is 32.5. The van der Waals surface area contributed by atoms with E-state index in [1.807, 2.05) is 0 Å². The number of aliphatic hydroxyl groups is 3. The van der Waals surface area contributed by atoms with E-state index in [9.17, 15) is 15.3 Å². The van der Waals surface area contributed by atoms with Gasteiger partial charge in [0.05, 0.1) is 18.3 Å². The quantitative estimate of drug-likeness (QED) is 0.532. The summed E-state index contributed by atoms with van der Waals surface area (Å²) in [6, 6.07) is 0. The average molecular weight is 447 g/mol. The van der Waals surface area contributed by atoms with Crippen LogP contribution in [-0.2, 0) is 9.47 Å². The molecule has 0 aromatic rings. The Kier molecular flexibility index (Phi) is 4.40. The lowest BCUT2D eigenvalue weighted by Gasteiger charge is -2.59. The molecule has 5 heteroatoms. The average Bonchev–Trinajstić information content (AvgIpc) is 3.11. The van der Waals surface area contributed by atoms with Crippen molar-refractivity contribution >= 4 is 0 Å². The summed E-state index contributed by atoms with van der Waals surface area (Å²) in [6.07, 6.45) is 9.29. The fourth-order valence-corrected chi connectivity index (χ4v) is 9.80. The Labute approximate surface area is 192 Å². The molecule has 180 valence electrons. The molecular weight excluding hydrogens is 404 g/mol. The van der Waals surface area contributed by atoms with E-state index in [-0.39, 0.29) is 29.0 Å². The minimum Gasteiger partial charge on any atom is -0.393 e. The Balaban J connectivity index is 1.37. The van der Waals surface area contributed by atoms with Crippen LogP contribution in [0.4, 0.5) is 0 Å². The van der Waals surface area contributed by atoms with Gasteiger partial charge in [0.2, 0.25) is 0 Å². The maximum absolute atomic E-state index is 11.2. The normalized spacial score (nSPS) is 59.0. The SMILES string of the molecule is CC(C)(O)[C@]12C[C@@H](O)[C@](C)(O1)[C@H]1[C@@H](C[C@H]3[C@@H]4CC=C5C[C@@H](O)CC[C@]5(C)C4CC[C@@]31C)O2. The van der Waals surface area contributed by atoms with Crippen LogP contribution in [0.5, 0.6) is 0 Å². The lowest BCUT2D eigenvalue weighted by molar-refractivity contribution is -0.384. The number of fused-ring (bicyclic) bond motifs is 10. The molecule has 0 aromatic carbocycles. The zero-order valence-electron chi connectivity index (χ0n) is 20.4. The van der Waals surface area contributed by atoms with E-state index in [2.05, 4.69) is 26.8 Å². The maximum Gasteiger partial charge on any atom is 0.200 e. The van der Waals surface area contributed by atoms with Gasteiger partial charge < -0.3 is 24.8 Å². The first kappa shape index (κ1) is 22.0. The molecule has 3 saturated carbocycles. The Morgan fingerprint density at radius 3 is 2.53 bits per heavy atom. The zero-order chi connectivity index (χ0) is 22.9. The predicted octanol–water partition coefficient (Wildman–Crippen LogP) is 3.94. The first-order valence-corrected chi connectivity index (χ1v) is 13.0. The van der Waals surface area contributed by atoms with Crippen LogP contribution in [0.15, 0.2) is 11.6 Å². The number of ether oxygens (including phenoxy) is 2. The molecule has 0 amide bonds. The number of rotatable bonds is 1. The van der Waals surface area contributed by atoms with Crippen LogP contribution in [0.3, 0.4) is 0 Å². The molecule has 2 heterocycles. The van der Waals surface area contributed by atoms with E-state index in [1.54, 1.807) is 13.8 Å². The molecule has 2 saturated heterocycles. The first-order chi connectivity index (χ1) is 14.8. The second-order valence-electron chi connectivity index (χ2n) is 13.4. The smallest absolute Gasteiger partial charge is 0.200 e. The highest BCUT2D eigenvalue weighted by atomic mass is 16.7. The minimum atomic E-state index is -1.17. The van der Waals surface area contributed by atoms with E-state index in [4.69, 9.17) is 9.47 Å². The molecule has 3 N–H and O–H groups in total. The van der Waals surface area contributed by atoms with Crippen LogP contribution in [0.2, 0.25) is 0 Å². The van der Waals surface area contributed by atoms with Crippen molar-refractivity contribution in [2.45, 2.75) is 121 Å². The van der Waals surface area contributed by atoms with E-state index >= 15 is 0 Å². The molecule has 5 fully saturated rings. The number of aliphatic hydroxyl groups excluding tert-OH is 2. The van der Waals surface area contributed by atoms with Crippen molar-refractivity contribution in [3.63, 3.8) is 0 Å². The van der Waals surface area contributed by atoms with Crippen molar-refractivity contribution in [1.82, 2.24) is 0 Å². The summed E-state index contributed by atoms with van der Waals surface area (Å²) in [6.45, 7) is 10.5. The third-order valence-electron chi connectivity index (χ3n) is 11.5. The number of hydrogen-bond donors (Lipinski definition) is 3. The van der Waals surface area contributed by atoms with Gasteiger partial charge in [-0.2, -0.15) is 0 Å². The highest BCUT2D eigenvalue weighted by molar-refractivity contribution is 5.27. The van der Waals surface area contributed by atoms with Crippen molar-refractivity contribution < 1.29 is 24.8 Å². The molecule has 2 bridgehead atoms. The van der Waals surface area contributed by atoms with Crippen LogP contribution in [0.25, 0.3) is 0 Å². The van der Waals surface area contributed by atoms with Gasteiger partial charge in [0, 0.05) is 12.3 Å². The van der Waals surface area contributed by atoms with Crippen molar-refractivity contribution in [2.75, 3.05) is 0 Å². The molecule has 5 nitrogen and oxygen atoms in total. The molecule has 11 atom stereocenters. The van der Waals surface area contributed by atoms with Crippen LogP contribution < -0.4 is 0 Å². The summed E-state index contributed by atoms with van der Waals surface area (Å²) in [4.78, 5) is 0. The molecule has 1 unspecified atom stereocenters. The van der Waals surface area contributed by atoms with Crippen LogP contribution in [-0.4, -0.2) is 50.6 Å². The highest BCUT2D eigenvalue weighted by Gasteiger charge is 2.75. The lowest BCUT2D eigenvalue weighted by atomic mass is 9.46.